The molecule has 2 bridgehead atoms. The Bertz CT molecular complexity index is 4360. The van der Waals surface area contributed by atoms with Crippen molar-refractivity contribution in [2.75, 3.05) is 26.2 Å². The first kappa shape index (κ1) is 75.9. The van der Waals surface area contributed by atoms with Crippen LogP contribution in [0.15, 0.2) is 110 Å². The number of aliphatic carboxylic acids is 1. The zero-order valence-corrected chi connectivity index (χ0v) is 56.7. The number of nitrogens with two attached hydrogens (primary N) is 1. The monoisotopic (exact) mass is 1440 g/mol. The number of benzene rings is 4. The van der Waals surface area contributed by atoms with Gasteiger partial charge in [-0.05, 0) is 122 Å². The van der Waals surface area contributed by atoms with Crippen LogP contribution in [-0.4, -0.2) is 192 Å². The first-order chi connectivity index (χ1) is 49.6. The number of carbonyl (C=O) groups excluding carboxylic acids is 12. The number of hydrogen-bond donors (Lipinski definition) is 16. The van der Waals surface area contributed by atoms with Gasteiger partial charge in [-0.1, -0.05) is 24.3 Å². The number of aromatic nitrogens is 4. The van der Waals surface area contributed by atoms with Gasteiger partial charge in [0.1, 0.15) is 77.0 Å². The topological polar surface area (TPSA) is 481 Å². The summed E-state index contributed by atoms with van der Waals surface area (Å²) in [5, 5.41) is 46.5. The van der Waals surface area contributed by atoms with Crippen molar-refractivity contribution in [3.8, 4) is 11.5 Å². The number of fused-ring (bicyclic) bond motifs is 36. The zero-order valence-electron chi connectivity index (χ0n) is 56.7. The molecule has 7 aromatic rings. The van der Waals surface area contributed by atoms with E-state index in [1.165, 1.54) is 98.3 Å². The number of aromatic amines is 3. The van der Waals surface area contributed by atoms with Crippen LogP contribution in [0.25, 0.3) is 21.8 Å². The Morgan fingerprint density at radius 2 is 1.25 bits per heavy atom. The van der Waals surface area contributed by atoms with Crippen molar-refractivity contribution in [1.29, 1.82) is 0 Å². The summed E-state index contributed by atoms with van der Waals surface area (Å²) in [7, 11) is 0. The minimum Gasteiger partial charge on any atom is -0.508 e. The normalized spacial score (nSPS) is 23.1. The number of aromatic hydroxyl groups is 1. The summed E-state index contributed by atoms with van der Waals surface area (Å²) >= 11 is 0. The Morgan fingerprint density at radius 3 is 1.84 bits per heavy atom. The average Bonchev–Trinajstić information content (AvgIpc) is 1.54. The summed E-state index contributed by atoms with van der Waals surface area (Å²) < 4.78 is 35.5. The second-order valence-electron chi connectivity index (χ2n) is 25.7. The fraction of sp³-hybridized carbons (Fsp3) is 0.371. The standard InChI is InChI=1S/C70H80F2N16O16/c1-36-62(96)78-33-58(91)82-53(24-40-30-76-49-17-11-42(71)26-47(40)49)64(98)83-54(25-41-31-77-50-18-12-43(72)27-48(41)50)65(99)85-56(29-60(93)94)67(101)84-55(28-44-32-74-35-79-44)66(100)86-57(23-38-7-13-45(90)14-8-38)68(102)88-21-5-19-70(88,3)69(103)87-52(61(73)95)22-39-9-15-46(16-10-39)104-34-59(92)75-20-4-6-51(63(97)80-36)81-37(2)89/h7-18,26-27,30-32,35-36,51-57,76-77,90H,4-6,19-25,28-29,33-34H2,1-3H3,(H2,73,95)(H,74,79)(H,75,92)(H,78,96)(H,80,97)(H,81,89)(H,82,91)(H,83,98)(H,84,101)(H,85,99)(H,86,100)(H,87,103)(H,93,94)/t36-,51-,52-,53-,54-,55-,56-,57-,70-/m0/s1. The maximum Gasteiger partial charge on any atom is 0.305 e. The highest BCUT2D eigenvalue weighted by molar-refractivity contribution is 6.01. The van der Waals surface area contributed by atoms with Crippen molar-refractivity contribution in [3.05, 3.63) is 149 Å². The summed E-state index contributed by atoms with van der Waals surface area (Å²) in [6.45, 7) is 2.59. The molecule has 3 aliphatic rings. The maximum absolute atomic E-state index is 15.2. The average molecular weight is 1440 g/mol. The predicted molar refractivity (Wildman–Crippen MR) is 367 cm³/mol. The Kier molecular flexibility index (Phi) is 25.1. The summed E-state index contributed by atoms with van der Waals surface area (Å²) in [6, 6.07) is 6.41. The molecule has 0 radical (unpaired) electrons. The molecule has 1 saturated heterocycles. The number of nitrogens with one attached hydrogen (secondary N) is 13. The zero-order chi connectivity index (χ0) is 74.9. The lowest BCUT2D eigenvalue weighted by Gasteiger charge is -2.37. The van der Waals surface area contributed by atoms with E-state index in [-0.39, 0.29) is 90.7 Å². The molecular weight excluding hydrogens is 1360 g/mol. The van der Waals surface area contributed by atoms with Crippen LogP contribution in [0.5, 0.6) is 11.5 Å². The third-order valence-corrected chi connectivity index (χ3v) is 17.8. The third-order valence-electron chi connectivity index (χ3n) is 17.8. The number of phenols is 1. The van der Waals surface area contributed by atoms with Crippen LogP contribution in [0.3, 0.4) is 0 Å². The first-order valence-electron chi connectivity index (χ1n) is 33.3. The van der Waals surface area contributed by atoms with Gasteiger partial charge in [-0.25, -0.2) is 13.8 Å². The van der Waals surface area contributed by atoms with Crippen molar-refractivity contribution in [1.82, 2.24) is 78.0 Å². The van der Waals surface area contributed by atoms with E-state index < -0.39 is 181 Å². The van der Waals surface area contributed by atoms with Gasteiger partial charge in [-0.15, -0.1) is 0 Å². The molecule has 3 aromatic heterocycles. The van der Waals surface area contributed by atoms with Gasteiger partial charge in [-0.2, -0.15) is 0 Å². The molecule has 0 saturated carbocycles. The van der Waals surface area contributed by atoms with Gasteiger partial charge in [0.2, 0.25) is 65.0 Å². The van der Waals surface area contributed by atoms with Gasteiger partial charge in [0.15, 0.2) is 6.61 Å². The van der Waals surface area contributed by atoms with E-state index >= 15 is 14.4 Å². The van der Waals surface area contributed by atoms with Crippen molar-refractivity contribution in [2.45, 2.75) is 139 Å². The highest BCUT2D eigenvalue weighted by atomic mass is 19.1. The molecule has 10 rings (SSSR count). The lowest BCUT2D eigenvalue weighted by Crippen LogP contribution is -2.63. The Labute approximate surface area is 592 Å². The molecule has 0 unspecified atom stereocenters. The number of carbonyl (C=O) groups is 13. The number of carboxylic acid groups (broad SMARTS) is 1. The van der Waals surface area contributed by atoms with Crippen LogP contribution in [-0.2, 0) is 94.4 Å². The second kappa shape index (κ2) is 34.4. The summed E-state index contributed by atoms with van der Waals surface area (Å²) in [4.78, 5) is 196. The highest BCUT2D eigenvalue weighted by Gasteiger charge is 2.49. The third kappa shape index (κ3) is 20.3. The molecule has 17 N–H and O–H groups in total. The number of primary amides is 1. The SMILES string of the molecule is CC(=O)N[C@H]1CCCNC(=O)COc2ccc(cc2)C[C@@H](C(N)=O)NC(=O)[C@]2(C)CCCN2C(=O)[C@H](Cc2ccc(O)cc2)NC(=O)[C@H](Cc2cnc[nH]2)NC(=O)[C@H](CC(=O)O)NC(=O)[C@H](Cc2c[nH]c3ccc(F)cc23)NC(=O)[C@H](Cc2c[nH]c3ccc(F)cc23)NC(=O)CNC(=O)[C@H](C)NC1=O. The van der Waals surface area contributed by atoms with Crippen LogP contribution in [0, 0.1) is 11.6 Å². The summed E-state index contributed by atoms with van der Waals surface area (Å²) in [6.07, 6.45) is 2.89. The number of carboxylic acids is 1. The van der Waals surface area contributed by atoms with Gasteiger partial charge in [0.05, 0.1) is 19.3 Å². The fourth-order valence-corrected chi connectivity index (χ4v) is 12.3. The summed E-state index contributed by atoms with van der Waals surface area (Å²) in [5.74, 6) is -14.0. The van der Waals surface area contributed by atoms with Crippen LogP contribution < -0.4 is 63.6 Å². The number of H-pyrrole nitrogens is 3. The number of imidazole rings is 1. The van der Waals surface area contributed by atoms with Crippen LogP contribution in [0.1, 0.15) is 80.8 Å². The molecule has 3 aliphatic heterocycles. The Hall–Kier alpha value is -12.3. The first-order valence-corrected chi connectivity index (χ1v) is 33.3. The van der Waals surface area contributed by atoms with E-state index in [0.29, 0.717) is 22.2 Å². The van der Waals surface area contributed by atoms with E-state index in [2.05, 4.69) is 73.1 Å². The molecular formula is C70H80F2N16O16. The molecule has 34 heteroatoms. The minimum atomic E-state index is -2.08. The van der Waals surface area contributed by atoms with Crippen molar-refractivity contribution in [3.63, 3.8) is 0 Å². The molecule has 6 heterocycles. The van der Waals surface area contributed by atoms with E-state index in [1.807, 2.05) is 0 Å². The molecule has 0 spiro atoms. The lowest BCUT2D eigenvalue weighted by atomic mass is 9.94. The highest BCUT2D eigenvalue weighted by Crippen LogP contribution is 2.32. The van der Waals surface area contributed by atoms with Crippen LogP contribution in [0.4, 0.5) is 8.78 Å². The molecule has 550 valence electrons. The number of phenolic OH excluding ortho intramolecular Hbond substituents is 1. The Morgan fingerprint density at radius 1 is 0.663 bits per heavy atom. The molecule has 9 atom stereocenters. The molecule has 1 fully saturated rings. The molecule has 0 aliphatic carbocycles. The molecule has 104 heavy (non-hydrogen) atoms. The lowest BCUT2D eigenvalue weighted by molar-refractivity contribution is -0.147. The number of ether oxygens (including phenoxy) is 1. The van der Waals surface area contributed by atoms with Crippen LogP contribution in [0.2, 0.25) is 0 Å². The molecule has 12 amide bonds. The number of amides is 12. The van der Waals surface area contributed by atoms with Gasteiger partial charge in [0, 0.05) is 98.2 Å². The van der Waals surface area contributed by atoms with Gasteiger partial charge < -0.3 is 93.7 Å². The van der Waals surface area contributed by atoms with Gasteiger partial charge in [0.25, 0.3) is 5.91 Å². The number of hydrogen-bond acceptors (Lipinski definition) is 16. The summed E-state index contributed by atoms with van der Waals surface area (Å²) in [5.41, 5.74) is 6.57. The van der Waals surface area contributed by atoms with E-state index in [4.69, 9.17) is 10.5 Å². The largest absolute Gasteiger partial charge is 0.508 e. The van der Waals surface area contributed by atoms with E-state index in [9.17, 15) is 66.9 Å². The smallest absolute Gasteiger partial charge is 0.305 e. The van der Waals surface area contributed by atoms with Gasteiger partial charge in [-0.3, -0.25) is 62.3 Å². The van der Waals surface area contributed by atoms with E-state index in [0.717, 1.165) is 25.1 Å². The molecule has 4 aromatic carbocycles. The second-order valence-corrected chi connectivity index (χ2v) is 25.7. The van der Waals surface area contributed by atoms with Crippen molar-refractivity contribution in [2.24, 2.45) is 5.73 Å². The number of halogens is 2. The van der Waals surface area contributed by atoms with E-state index in [1.54, 1.807) is 12.1 Å². The predicted octanol–water partition coefficient (Wildman–Crippen LogP) is -0.466. The van der Waals surface area contributed by atoms with Crippen molar-refractivity contribution < 1.29 is 86.1 Å². The number of nitrogens with zero attached hydrogens (tertiary/aromatic N) is 2. The van der Waals surface area contributed by atoms with Crippen LogP contribution >= 0.6 is 0 Å². The number of rotatable bonds is 12. The Balaban J connectivity index is 1.05. The fourth-order valence-electron chi connectivity index (χ4n) is 12.3. The molecule has 32 nitrogen and oxygen atoms in total. The minimum absolute atomic E-state index is 0.00681. The maximum atomic E-state index is 15.2. The van der Waals surface area contributed by atoms with Gasteiger partial charge >= 0.3 is 5.97 Å². The quantitative estimate of drug-likeness (QED) is 0.0688. The van der Waals surface area contributed by atoms with Crippen molar-refractivity contribution >= 4 is 98.7 Å².